The summed E-state index contributed by atoms with van der Waals surface area (Å²) in [7, 11) is 1.62. The molecule has 0 amide bonds. The van der Waals surface area contributed by atoms with E-state index in [9.17, 15) is 4.79 Å². The van der Waals surface area contributed by atoms with E-state index < -0.39 is 0 Å². The minimum atomic E-state index is -0.0616. The molecule has 0 spiro atoms. The highest BCUT2D eigenvalue weighted by Gasteiger charge is 2.10. The van der Waals surface area contributed by atoms with E-state index in [1.807, 2.05) is 36.4 Å². The standard InChI is InChI=1S/C22H22O4/c1-15(2)14-25-22-16(7-6-10-21(22)24-3)11-12-17-13-19(23)18-8-4-5-9-20(18)26-17/h4-13,15H,14H2,1-3H3/b12-11+. The second-order valence-corrected chi connectivity index (χ2v) is 6.43. The maximum atomic E-state index is 12.2. The third kappa shape index (κ3) is 3.97. The van der Waals surface area contributed by atoms with Gasteiger partial charge in [0.25, 0.3) is 0 Å². The molecule has 4 nitrogen and oxygen atoms in total. The van der Waals surface area contributed by atoms with Crippen molar-refractivity contribution in [2.24, 2.45) is 5.92 Å². The van der Waals surface area contributed by atoms with Gasteiger partial charge in [0.05, 0.1) is 19.1 Å². The Kier molecular flexibility index (Phi) is 5.42. The van der Waals surface area contributed by atoms with Crippen molar-refractivity contribution in [2.45, 2.75) is 13.8 Å². The Labute approximate surface area is 152 Å². The molecule has 0 fully saturated rings. The molecule has 26 heavy (non-hydrogen) atoms. The highest BCUT2D eigenvalue weighted by Crippen LogP contribution is 2.32. The van der Waals surface area contributed by atoms with Crippen LogP contribution in [-0.4, -0.2) is 13.7 Å². The van der Waals surface area contributed by atoms with Gasteiger partial charge >= 0.3 is 0 Å². The molecule has 0 aliphatic heterocycles. The summed E-state index contributed by atoms with van der Waals surface area (Å²) in [5, 5.41) is 0.576. The van der Waals surface area contributed by atoms with Crippen molar-refractivity contribution >= 4 is 23.1 Å². The van der Waals surface area contributed by atoms with E-state index in [4.69, 9.17) is 13.9 Å². The summed E-state index contributed by atoms with van der Waals surface area (Å²) >= 11 is 0. The van der Waals surface area contributed by atoms with Crippen LogP contribution in [0.2, 0.25) is 0 Å². The van der Waals surface area contributed by atoms with E-state index in [-0.39, 0.29) is 5.43 Å². The molecular formula is C22H22O4. The maximum Gasteiger partial charge on any atom is 0.193 e. The lowest BCUT2D eigenvalue weighted by atomic mass is 10.1. The lowest BCUT2D eigenvalue weighted by Gasteiger charge is -2.14. The van der Waals surface area contributed by atoms with E-state index in [2.05, 4.69) is 13.8 Å². The molecule has 0 N–H and O–H groups in total. The summed E-state index contributed by atoms with van der Waals surface area (Å²) < 4.78 is 17.1. The minimum absolute atomic E-state index is 0.0616. The Bertz CT molecular complexity index is 983. The number of fused-ring (bicyclic) bond motifs is 1. The topological polar surface area (TPSA) is 48.7 Å². The zero-order valence-electron chi connectivity index (χ0n) is 15.2. The van der Waals surface area contributed by atoms with Crippen molar-refractivity contribution < 1.29 is 13.9 Å². The van der Waals surface area contributed by atoms with Crippen LogP contribution in [0.25, 0.3) is 23.1 Å². The first-order chi connectivity index (χ1) is 12.6. The van der Waals surface area contributed by atoms with Gasteiger partial charge < -0.3 is 13.9 Å². The van der Waals surface area contributed by atoms with Gasteiger partial charge in [-0.05, 0) is 36.3 Å². The largest absolute Gasteiger partial charge is 0.493 e. The van der Waals surface area contributed by atoms with Gasteiger partial charge in [-0.1, -0.05) is 38.1 Å². The summed E-state index contributed by atoms with van der Waals surface area (Å²) in [4.78, 5) is 12.2. The molecule has 0 aliphatic rings. The van der Waals surface area contributed by atoms with Crippen LogP contribution >= 0.6 is 0 Å². The van der Waals surface area contributed by atoms with Crippen LogP contribution in [0.4, 0.5) is 0 Å². The molecule has 0 bridgehead atoms. The third-order valence-corrected chi connectivity index (χ3v) is 3.87. The van der Waals surface area contributed by atoms with Gasteiger partial charge in [-0.25, -0.2) is 0 Å². The molecule has 3 aromatic rings. The summed E-state index contributed by atoms with van der Waals surface area (Å²) in [5.74, 6) is 2.25. The van der Waals surface area contributed by atoms with Crippen molar-refractivity contribution in [2.75, 3.05) is 13.7 Å². The molecule has 1 aromatic heterocycles. The summed E-state index contributed by atoms with van der Waals surface area (Å²) in [6.07, 6.45) is 3.63. The zero-order valence-corrected chi connectivity index (χ0v) is 15.2. The molecule has 0 unspecified atom stereocenters. The number of hydrogen-bond acceptors (Lipinski definition) is 4. The van der Waals surface area contributed by atoms with Crippen LogP contribution in [0, 0.1) is 5.92 Å². The number of rotatable bonds is 6. The van der Waals surface area contributed by atoms with Crippen LogP contribution < -0.4 is 14.9 Å². The predicted octanol–water partition coefficient (Wildman–Crippen LogP) is 5.01. The van der Waals surface area contributed by atoms with Crippen molar-refractivity contribution in [1.29, 1.82) is 0 Å². The van der Waals surface area contributed by atoms with E-state index in [0.29, 0.717) is 40.8 Å². The van der Waals surface area contributed by atoms with Crippen LogP contribution in [0.3, 0.4) is 0 Å². The van der Waals surface area contributed by atoms with Gasteiger partial charge in [-0.3, -0.25) is 4.79 Å². The molecule has 0 aliphatic carbocycles. The van der Waals surface area contributed by atoms with Gasteiger partial charge in [-0.15, -0.1) is 0 Å². The van der Waals surface area contributed by atoms with E-state index >= 15 is 0 Å². The number of hydrogen-bond donors (Lipinski definition) is 0. The average molecular weight is 350 g/mol. The predicted molar refractivity (Wildman–Crippen MR) is 105 cm³/mol. The molecule has 2 aromatic carbocycles. The van der Waals surface area contributed by atoms with Gasteiger partial charge in [0.2, 0.25) is 0 Å². The number of methoxy groups -OCH3 is 1. The molecule has 0 atom stereocenters. The first-order valence-electron chi connectivity index (χ1n) is 8.59. The van der Waals surface area contributed by atoms with Gasteiger partial charge in [-0.2, -0.15) is 0 Å². The normalized spacial score (nSPS) is 11.4. The highest BCUT2D eigenvalue weighted by molar-refractivity contribution is 5.79. The Hall–Kier alpha value is -3.01. The van der Waals surface area contributed by atoms with Crippen LogP contribution in [0.1, 0.15) is 25.2 Å². The molecule has 3 rings (SSSR count). The second kappa shape index (κ2) is 7.91. The lowest BCUT2D eigenvalue weighted by molar-refractivity contribution is 0.256. The molecule has 0 radical (unpaired) electrons. The third-order valence-electron chi connectivity index (χ3n) is 3.87. The highest BCUT2D eigenvalue weighted by atomic mass is 16.5. The summed E-state index contributed by atoms with van der Waals surface area (Å²) in [6.45, 7) is 4.77. The average Bonchev–Trinajstić information content (AvgIpc) is 2.64. The van der Waals surface area contributed by atoms with Gasteiger partial charge in [0.1, 0.15) is 11.3 Å². The molecular weight excluding hydrogens is 328 g/mol. The first kappa shape index (κ1) is 17.8. The number of benzene rings is 2. The smallest absolute Gasteiger partial charge is 0.193 e. The molecule has 4 heteroatoms. The number of ether oxygens (including phenoxy) is 2. The van der Waals surface area contributed by atoms with Crippen LogP contribution in [-0.2, 0) is 0 Å². The monoisotopic (exact) mass is 350 g/mol. The van der Waals surface area contributed by atoms with E-state index in [1.165, 1.54) is 6.07 Å². The van der Waals surface area contributed by atoms with Gasteiger partial charge in [0.15, 0.2) is 16.9 Å². The summed E-state index contributed by atoms with van der Waals surface area (Å²) in [6, 6.07) is 14.4. The Balaban J connectivity index is 1.96. The minimum Gasteiger partial charge on any atom is -0.493 e. The van der Waals surface area contributed by atoms with Gasteiger partial charge in [0, 0.05) is 11.6 Å². The van der Waals surface area contributed by atoms with Crippen LogP contribution in [0.5, 0.6) is 11.5 Å². The fourth-order valence-corrected chi connectivity index (χ4v) is 2.61. The fourth-order valence-electron chi connectivity index (χ4n) is 2.61. The molecule has 0 saturated carbocycles. The van der Waals surface area contributed by atoms with E-state index in [0.717, 1.165) is 5.56 Å². The zero-order chi connectivity index (χ0) is 18.5. The Morgan fingerprint density at radius 2 is 1.88 bits per heavy atom. The van der Waals surface area contributed by atoms with E-state index in [1.54, 1.807) is 25.3 Å². The lowest BCUT2D eigenvalue weighted by Crippen LogP contribution is -2.06. The maximum absolute atomic E-state index is 12.2. The SMILES string of the molecule is COc1cccc(/C=C/c2cc(=O)c3ccccc3o2)c1OCC(C)C. The molecule has 1 heterocycles. The fraction of sp³-hybridized carbons (Fsp3) is 0.227. The quantitative estimate of drug-likeness (QED) is 0.627. The van der Waals surface area contributed by atoms with Crippen molar-refractivity contribution in [3.8, 4) is 11.5 Å². The number of para-hydroxylation sites is 2. The first-order valence-corrected chi connectivity index (χ1v) is 8.59. The van der Waals surface area contributed by atoms with Crippen molar-refractivity contribution in [1.82, 2.24) is 0 Å². The van der Waals surface area contributed by atoms with Crippen molar-refractivity contribution in [3.63, 3.8) is 0 Å². The Morgan fingerprint density at radius 3 is 2.65 bits per heavy atom. The molecule has 0 saturated heterocycles. The van der Waals surface area contributed by atoms with Crippen molar-refractivity contribution in [3.05, 3.63) is 70.1 Å². The molecule has 134 valence electrons. The van der Waals surface area contributed by atoms with Crippen LogP contribution in [0.15, 0.2) is 57.7 Å². The second-order valence-electron chi connectivity index (χ2n) is 6.43. The summed E-state index contributed by atoms with van der Waals surface area (Å²) in [5.41, 5.74) is 1.37. The Morgan fingerprint density at radius 1 is 1.08 bits per heavy atom.